The van der Waals surface area contributed by atoms with Crippen LogP contribution in [-0.4, -0.2) is 99.0 Å². The third-order valence-electron chi connectivity index (χ3n) is 8.76. The zero-order valence-electron chi connectivity index (χ0n) is 30.7. The lowest BCUT2D eigenvalue weighted by Crippen LogP contribution is -2.67. The van der Waals surface area contributed by atoms with Gasteiger partial charge in [0.25, 0.3) is 8.32 Å². The first-order valence-corrected chi connectivity index (χ1v) is 19.2. The average Bonchev–Trinajstić information content (AvgIpc) is 3.70. The van der Waals surface area contributed by atoms with Crippen LogP contribution in [0, 0.1) is 11.8 Å². The normalized spacial score (nSPS) is 17.9. The van der Waals surface area contributed by atoms with Crippen molar-refractivity contribution in [3.05, 3.63) is 78.8 Å². The predicted molar refractivity (Wildman–Crippen MR) is 199 cm³/mol. The van der Waals surface area contributed by atoms with Crippen molar-refractivity contribution in [2.24, 2.45) is 4.99 Å². The molecule has 11 nitrogen and oxygen atoms in total. The van der Waals surface area contributed by atoms with Crippen LogP contribution in [0.25, 0.3) is 11.0 Å². The van der Waals surface area contributed by atoms with Crippen LogP contribution < -0.4 is 15.7 Å². The summed E-state index contributed by atoms with van der Waals surface area (Å²) in [5.41, 5.74) is 0.854. The summed E-state index contributed by atoms with van der Waals surface area (Å²) in [6, 6.07) is 20.7. The third-order valence-corrected chi connectivity index (χ3v) is 13.8. The lowest BCUT2D eigenvalue weighted by molar-refractivity contribution is -0.173. The lowest BCUT2D eigenvalue weighted by Gasteiger charge is -2.43. The topological polar surface area (TPSA) is 112 Å². The number of fused-ring (bicyclic) bond motifs is 1. The van der Waals surface area contributed by atoms with Crippen LogP contribution in [0.1, 0.15) is 45.9 Å². The third kappa shape index (κ3) is 9.14. The summed E-state index contributed by atoms with van der Waals surface area (Å²) in [4.78, 5) is 26.5. The Morgan fingerprint density at radius 1 is 1.09 bits per heavy atom. The van der Waals surface area contributed by atoms with Crippen LogP contribution in [0.5, 0.6) is 0 Å². The smallest absolute Gasteiger partial charge is 0.405 e. The largest absolute Gasteiger partial charge is 0.471 e. The summed E-state index contributed by atoms with van der Waals surface area (Å²) in [7, 11) is 0.690. The molecule has 0 aliphatic carbocycles. The van der Waals surface area contributed by atoms with E-state index in [1.165, 1.54) is 6.33 Å². The maximum Gasteiger partial charge on any atom is 0.471 e. The number of carbonyl (C=O) groups is 1. The van der Waals surface area contributed by atoms with E-state index in [4.69, 9.17) is 18.6 Å². The highest BCUT2D eigenvalue weighted by atomic mass is 28.4. The molecule has 1 amide bonds. The van der Waals surface area contributed by atoms with E-state index in [0.29, 0.717) is 35.4 Å². The minimum absolute atomic E-state index is 0.0608. The van der Waals surface area contributed by atoms with E-state index in [9.17, 15) is 18.0 Å². The second-order valence-electron chi connectivity index (χ2n) is 13.7. The van der Waals surface area contributed by atoms with E-state index in [2.05, 4.69) is 71.8 Å². The van der Waals surface area contributed by atoms with Crippen LogP contribution in [0.15, 0.2) is 78.2 Å². The molecule has 0 spiro atoms. The van der Waals surface area contributed by atoms with Crippen LogP contribution in [0.4, 0.5) is 19.0 Å². The molecule has 2 aromatic carbocycles. The Labute approximate surface area is 308 Å². The zero-order chi connectivity index (χ0) is 38.2. The Balaban J connectivity index is 1.52. The molecule has 15 heteroatoms. The molecule has 3 atom stereocenters. The van der Waals surface area contributed by atoms with Gasteiger partial charge in [-0.3, -0.25) is 4.79 Å². The van der Waals surface area contributed by atoms with E-state index in [1.807, 2.05) is 47.9 Å². The Hall–Kier alpha value is -4.59. The standard InChI is InChI=1S/C38H45F3N6O5Si/c1-7-49-26-50-30-21-32(52-31(30)23-51-53(37(2,3)4,28-16-10-8-11-17-28)29-18-12-9-13-19-29)47-22-27(15-14-20-42-36(48)38(39,40)41)33-34(45-25-46(5)6)43-24-44-35(33)47/h8-13,16-19,22,24-25,30-32H,7,20-21,23,26H2,1-6H3,(H,42,48)/b45-25+/t30?,31-,32-/m1/s1. The Morgan fingerprint density at radius 3 is 2.34 bits per heavy atom. The fourth-order valence-electron chi connectivity index (χ4n) is 6.40. The SMILES string of the molecule is CCOCOC1C[C@H](n2cc(C#CCNC(=O)C(F)(F)F)c3c(/N=C/N(C)C)ncnc32)O[C@@H]1CO[Si](c1ccccc1)(c1ccccc1)C(C)(C)C. The number of hydrogen-bond donors (Lipinski definition) is 1. The molecular formula is C38H45F3N6O5Si. The van der Waals surface area contributed by atoms with Crippen LogP contribution in [-0.2, 0) is 23.4 Å². The Kier molecular flexibility index (Phi) is 12.7. The number of alkyl halides is 3. The molecule has 1 N–H and O–H groups in total. The number of nitrogens with one attached hydrogen (secondary N) is 1. The number of ether oxygens (including phenoxy) is 3. The second kappa shape index (κ2) is 17.0. The van der Waals surface area contributed by atoms with E-state index in [1.54, 1.807) is 36.8 Å². The van der Waals surface area contributed by atoms with E-state index >= 15 is 0 Å². The number of benzene rings is 2. The highest BCUT2D eigenvalue weighted by molar-refractivity contribution is 6.99. The van der Waals surface area contributed by atoms with Crippen LogP contribution in [0.2, 0.25) is 5.04 Å². The van der Waals surface area contributed by atoms with Crippen molar-refractivity contribution in [3.8, 4) is 11.8 Å². The molecule has 5 rings (SSSR count). The van der Waals surface area contributed by atoms with Gasteiger partial charge < -0.3 is 33.4 Å². The van der Waals surface area contributed by atoms with Gasteiger partial charge in [-0.25, -0.2) is 15.0 Å². The van der Waals surface area contributed by atoms with Gasteiger partial charge >= 0.3 is 12.1 Å². The first-order valence-electron chi connectivity index (χ1n) is 17.3. The summed E-state index contributed by atoms with van der Waals surface area (Å²) in [6.07, 6.45) is -1.49. The Bertz CT molecular complexity index is 1880. The molecule has 282 valence electrons. The van der Waals surface area contributed by atoms with Gasteiger partial charge in [-0.15, -0.1) is 0 Å². The van der Waals surface area contributed by atoms with Crippen molar-refractivity contribution in [2.75, 3.05) is 40.6 Å². The molecule has 1 unspecified atom stereocenters. The molecule has 4 aromatic rings. The molecule has 0 radical (unpaired) electrons. The maximum absolute atomic E-state index is 12.8. The van der Waals surface area contributed by atoms with E-state index < -0.39 is 45.4 Å². The fourth-order valence-corrected chi connectivity index (χ4v) is 11.0. The van der Waals surface area contributed by atoms with Gasteiger partial charge in [0.05, 0.1) is 36.5 Å². The highest BCUT2D eigenvalue weighted by Crippen LogP contribution is 2.40. The number of aromatic nitrogens is 3. The monoisotopic (exact) mass is 750 g/mol. The van der Waals surface area contributed by atoms with Gasteiger partial charge in [0.1, 0.15) is 31.1 Å². The molecule has 1 aliphatic heterocycles. The first-order chi connectivity index (χ1) is 25.3. The van der Waals surface area contributed by atoms with Gasteiger partial charge in [-0.1, -0.05) is 93.3 Å². The van der Waals surface area contributed by atoms with Crippen molar-refractivity contribution in [1.29, 1.82) is 0 Å². The molecular weight excluding hydrogens is 706 g/mol. The van der Waals surface area contributed by atoms with Crippen molar-refractivity contribution in [1.82, 2.24) is 24.8 Å². The second-order valence-corrected chi connectivity index (χ2v) is 18.0. The van der Waals surface area contributed by atoms with Gasteiger partial charge in [-0.05, 0) is 22.3 Å². The average molecular weight is 751 g/mol. The van der Waals surface area contributed by atoms with Crippen molar-refractivity contribution in [3.63, 3.8) is 0 Å². The summed E-state index contributed by atoms with van der Waals surface area (Å²) in [5, 5.41) is 4.25. The number of aliphatic imine (C=N–C) groups is 1. The molecule has 53 heavy (non-hydrogen) atoms. The van der Waals surface area contributed by atoms with Gasteiger partial charge in [0.2, 0.25) is 0 Å². The number of rotatable bonds is 13. The van der Waals surface area contributed by atoms with Crippen LogP contribution in [0.3, 0.4) is 0 Å². The molecule has 3 heterocycles. The molecule has 0 bridgehead atoms. The minimum Gasteiger partial charge on any atom is -0.405 e. The van der Waals surface area contributed by atoms with Crippen LogP contribution >= 0.6 is 0 Å². The number of carbonyl (C=O) groups excluding carboxylic acids is 1. The molecule has 1 saturated heterocycles. The predicted octanol–water partition coefficient (Wildman–Crippen LogP) is 4.93. The van der Waals surface area contributed by atoms with Crippen molar-refractivity contribution in [2.45, 2.75) is 63.8 Å². The van der Waals surface area contributed by atoms with Crippen molar-refractivity contribution < 1.29 is 36.6 Å². The zero-order valence-corrected chi connectivity index (χ0v) is 31.7. The Morgan fingerprint density at radius 2 is 1.75 bits per heavy atom. The summed E-state index contributed by atoms with van der Waals surface area (Å²) in [6.45, 7) is 8.74. The molecule has 0 saturated carbocycles. The van der Waals surface area contributed by atoms with Gasteiger partial charge in [-0.2, -0.15) is 13.2 Å². The van der Waals surface area contributed by atoms with Gasteiger partial charge in [0, 0.05) is 33.3 Å². The molecule has 1 aliphatic rings. The highest BCUT2D eigenvalue weighted by Gasteiger charge is 2.51. The maximum atomic E-state index is 12.8. The molecule has 2 aromatic heterocycles. The summed E-state index contributed by atoms with van der Waals surface area (Å²) >= 11 is 0. The number of hydrogen-bond acceptors (Lipinski definition) is 8. The van der Waals surface area contributed by atoms with E-state index in [0.717, 1.165) is 10.4 Å². The summed E-state index contributed by atoms with van der Waals surface area (Å²) in [5.74, 6) is 3.73. The van der Waals surface area contributed by atoms with Gasteiger partial charge in [0.15, 0.2) is 5.82 Å². The number of halogens is 3. The quantitative estimate of drug-likeness (QED) is 0.0512. The number of amides is 1. The van der Waals surface area contributed by atoms with Crippen molar-refractivity contribution >= 4 is 47.8 Å². The number of nitrogens with zero attached hydrogens (tertiary/aromatic N) is 5. The lowest BCUT2D eigenvalue weighted by atomic mass is 10.2. The first kappa shape index (κ1) is 39.6. The van der Waals surface area contributed by atoms with E-state index in [-0.39, 0.29) is 18.4 Å². The summed E-state index contributed by atoms with van der Waals surface area (Å²) < 4.78 is 65.9. The molecule has 1 fully saturated rings. The fraction of sp³-hybridized carbons (Fsp3) is 0.421. The minimum atomic E-state index is -5.02.